The highest BCUT2D eigenvalue weighted by molar-refractivity contribution is 14.1. The number of hydrogen-bond acceptors (Lipinski definition) is 1. The Morgan fingerprint density at radius 3 is 3.25 bits per heavy atom. The van der Waals surface area contributed by atoms with E-state index in [4.69, 9.17) is 0 Å². The van der Waals surface area contributed by atoms with Gasteiger partial charge in [-0.1, -0.05) is 6.08 Å². The molecule has 1 aliphatic carbocycles. The summed E-state index contributed by atoms with van der Waals surface area (Å²) in [6, 6.07) is 0. The van der Waals surface area contributed by atoms with Gasteiger partial charge < -0.3 is 4.98 Å². The SMILES string of the molecule is IC1=C\CCc2nc[nH]c2/C=C\1. The van der Waals surface area contributed by atoms with Crippen LogP contribution in [0.25, 0.3) is 6.08 Å². The van der Waals surface area contributed by atoms with Crippen LogP contribution in [0.4, 0.5) is 0 Å². The highest BCUT2D eigenvalue weighted by Gasteiger charge is 2.03. The number of halogens is 1. The molecule has 2 rings (SSSR count). The summed E-state index contributed by atoms with van der Waals surface area (Å²) in [6.45, 7) is 0. The Morgan fingerprint density at radius 1 is 1.42 bits per heavy atom. The molecule has 1 N–H and O–H groups in total. The number of rotatable bonds is 0. The summed E-state index contributed by atoms with van der Waals surface area (Å²) in [5, 5.41) is 0. The number of allylic oxidation sites excluding steroid dienone is 3. The van der Waals surface area contributed by atoms with Gasteiger partial charge in [-0.25, -0.2) is 4.98 Å². The van der Waals surface area contributed by atoms with Gasteiger partial charge in [0.2, 0.25) is 0 Å². The first kappa shape index (κ1) is 8.04. The molecule has 0 bridgehead atoms. The van der Waals surface area contributed by atoms with E-state index in [0.717, 1.165) is 18.5 Å². The molecule has 1 aromatic rings. The van der Waals surface area contributed by atoms with Crippen molar-refractivity contribution in [3.63, 3.8) is 0 Å². The van der Waals surface area contributed by atoms with E-state index in [1.54, 1.807) is 6.33 Å². The Balaban J connectivity index is 2.38. The largest absolute Gasteiger partial charge is 0.345 e. The quantitative estimate of drug-likeness (QED) is 0.723. The summed E-state index contributed by atoms with van der Waals surface area (Å²) in [4.78, 5) is 7.36. The summed E-state index contributed by atoms with van der Waals surface area (Å²) >= 11 is 2.34. The summed E-state index contributed by atoms with van der Waals surface area (Å²) in [7, 11) is 0. The molecule has 0 radical (unpaired) electrons. The van der Waals surface area contributed by atoms with Gasteiger partial charge in [-0.3, -0.25) is 0 Å². The molecule has 0 amide bonds. The van der Waals surface area contributed by atoms with E-state index in [-0.39, 0.29) is 0 Å². The number of hydrogen-bond donors (Lipinski definition) is 1. The molecule has 12 heavy (non-hydrogen) atoms. The van der Waals surface area contributed by atoms with Crippen molar-refractivity contribution in [1.82, 2.24) is 9.97 Å². The number of aromatic nitrogens is 2. The fourth-order valence-corrected chi connectivity index (χ4v) is 1.75. The first-order valence-electron chi connectivity index (χ1n) is 3.92. The smallest absolute Gasteiger partial charge is 0.0927 e. The van der Waals surface area contributed by atoms with Gasteiger partial charge in [0, 0.05) is 3.58 Å². The van der Waals surface area contributed by atoms with Crippen LogP contribution in [-0.4, -0.2) is 9.97 Å². The van der Waals surface area contributed by atoms with E-state index in [1.807, 2.05) is 0 Å². The van der Waals surface area contributed by atoms with Crippen molar-refractivity contribution in [1.29, 1.82) is 0 Å². The van der Waals surface area contributed by atoms with Gasteiger partial charge in [-0.05, 0) is 47.6 Å². The van der Waals surface area contributed by atoms with E-state index in [1.165, 1.54) is 9.27 Å². The number of H-pyrrole nitrogens is 1. The summed E-state index contributed by atoms with van der Waals surface area (Å²) < 4.78 is 1.30. The maximum Gasteiger partial charge on any atom is 0.0927 e. The molecule has 3 heteroatoms. The molecular weight excluding hydrogens is 263 g/mol. The van der Waals surface area contributed by atoms with Crippen LogP contribution in [0.3, 0.4) is 0 Å². The molecule has 1 heterocycles. The lowest BCUT2D eigenvalue weighted by molar-refractivity contribution is 0.952. The van der Waals surface area contributed by atoms with E-state index in [0.29, 0.717) is 0 Å². The molecule has 2 nitrogen and oxygen atoms in total. The first-order valence-corrected chi connectivity index (χ1v) is 5.00. The van der Waals surface area contributed by atoms with Gasteiger partial charge in [-0.2, -0.15) is 0 Å². The molecule has 1 aromatic heterocycles. The average molecular weight is 272 g/mol. The standard InChI is InChI=1S/C9H9IN2/c10-7-2-1-3-8-9(5-4-7)12-6-11-8/h2,4-6H,1,3H2,(H,11,12)/b5-4-,7-2-. The van der Waals surface area contributed by atoms with Crippen molar-refractivity contribution in [2.24, 2.45) is 0 Å². The summed E-state index contributed by atoms with van der Waals surface area (Å²) in [5.41, 5.74) is 2.32. The molecule has 1 aliphatic rings. The average Bonchev–Trinajstić information content (AvgIpc) is 2.45. The van der Waals surface area contributed by atoms with Crippen molar-refractivity contribution in [2.75, 3.05) is 0 Å². The van der Waals surface area contributed by atoms with Crippen LogP contribution in [0.2, 0.25) is 0 Å². The monoisotopic (exact) mass is 272 g/mol. The predicted octanol–water partition coefficient (Wildman–Crippen LogP) is 2.69. The van der Waals surface area contributed by atoms with E-state index >= 15 is 0 Å². The molecule has 0 fully saturated rings. The van der Waals surface area contributed by atoms with Crippen molar-refractivity contribution in [2.45, 2.75) is 12.8 Å². The zero-order valence-electron chi connectivity index (χ0n) is 6.55. The second-order valence-electron chi connectivity index (χ2n) is 2.72. The van der Waals surface area contributed by atoms with E-state index < -0.39 is 0 Å². The third-order valence-corrected chi connectivity index (χ3v) is 2.68. The second-order valence-corrected chi connectivity index (χ2v) is 3.97. The minimum absolute atomic E-state index is 1.04. The maximum absolute atomic E-state index is 4.24. The Hall–Kier alpha value is -0.580. The van der Waals surface area contributed by atoms with Gasteiger partial charge in [-0.15, -0.1) is 0 Å². The zero-order valence-corrected chi connectivity index (χ0v) is 8.71. The van der Waals surface area contributed by atoms with Crippen molar-refractivity contribution in [3.8, 4) is 0 Å². The number of imidazole rings is 1. The molecule has 0 aliphatic heterocycles. The van der Waals surface area contributed by atoms with Crippen molar-refractivity contribution >= 4 is 28.7 Å². The Bertz CT molecular complexity index is 336. The molecular formula is C9H9IN2. The Kier molecular flexibility index (Phi) is 2.30. The number of nitrogens with zero attached hydrogens (tertiary/aromatic N) is 1. The van der Waals surface area contributed by atoms with Crippen LogP contribution < -0.4 is 0 Å². The van der Waals surface area contributed by atoms with Crippen LogP contribution in [0, 0.1) is 0 Å². The maximum atomic E-state index is 4.24. The second kappa shape index (κ2) is 3.43. The van der Waals surface area contributed by atoms with E-state index in [2.05, 4.69) is 50.8 Å². The molecule has 0 spiro atoms. The van der Waals surface area contributed by atoms with Crippen molar-refractivity contribution < 1.29 is 0 Å². The van der Waals surface area contributed by atoms with Gasteiger partial charge >= 0.3 is 0 Å². The number of aromatic amines is 1. The highest BCUT2D eigenvalue weighted by Crippen LogP contribution is 2.17. The molecule has 0 aromatic carbocycles. The third-order valence-electron chi connectivity index (χ3n) is 1.88. The first-order chi connectivity index (χ1) is 5.86. The van der Waals surface area contributed by atoms with Crippen molar-refractivity contribution in [3.05, 3.63) is 33.4 Å². The van der Waals surface area contributed by atoms with Gasteiger partial charge in [0.25, 0.3) is 0 Å². The third kappa shape index (κ3) is 1.60. The van der Waals surface area contributed by atoms with E-state index in [9.17, 15) is 0 Å². The van der Waals surface area contributed by atoms with Gasteiger partial charge in [0.1, 0.15) is 0 Å². The molecule has 0 atom stereocenters. The number of fused-ring (bicyclic) bond motifs is 1. The molecule has 0 saturated heterocycles. The topological polar surface area (TPSA) is 28.7 Å². The van der Waals surface area contributed by atoms with Crippen LogP contribution in [0.15, 0.2) is 22.1 Å². The summed E-state index contributed by atoms with van der Waals surface area (Å²) in [5.74, 6) is 0. The minimum Gasteiger partial charge on any atom is -0.345 e. The highest BCUT2D eigenvalue weighted by atomic mass is 127. The lowest BCUT2D eigenvalue weighted by Crippen LogP contribution is -1.89. The zero-order chi connectivity index (χ0) is 8.39. The lowest BCUT2D eigenvalue weighted by Gasteiger charge is -1.99. The fraction of sp³-hybridized carbons (Fsp3) is 0.222. The normalized spacial score (nSPS) is 23.2. The molecule has 62 valence electrons. The van der Waals surface area contributed by atoms with Crippen LogP contribution in [0.1, 0.15) is 17.8 Å². The summed E-state index contributed by atoms with van der Waals surface area (Å²) in [6.07, 6.45) is 10.3. The molecule has 0 saturated carbocycles. The number of aryl methyl sites for hydroxylation is 1. The molecule has 0 unspecified atom stereocenters. The predicted molar refractivity (Wildman–Crippen MR) is 58.0 cm³/mol. The van der Waals surface area contributed by atoms with Crippen LogP contribution in [0.5, 0.6) is 0 Å². The Labute approximate surface area is 84.9 Å². The fourth-order valence-electron chi connectivity index (χ4n) is 1.25. The minimum atomic E-state index is 1.04. The van der Waals surface area contributed by atoms with Crippen LogP contribution in [-0.2, 0) is 6.42 Å². The lowest BCUT2D eigenvalue weighted by atomic mass is 10.1. The Morgan fingerprint density at radius 2 is 2.33 bits per heavy atom. The number of nitrogens with one attached hydrogen (secondary N) is 1. The van der Waals surface area contributed by atoms with Crippen LogP contribution >= 0.6 is 22.6 Å². The van der Waals surface area contributed by atoms with Gasteiger partial charge in [0.15, 0.2) is 0 Å². The van der Waals surface area contributed by atoms with Gasteiger partial charge in [0.05, 0.1) is 17.7 Å².